The van der Waals surface area contributed by atoms with Gasteiger partial charge in [-0.2, -0.15) is 0 Å². The topological polar surface area (TPSA) is 53.6 Å². The highest BCUT2D eigenvalue weighted by molar-refractivity contribution is 7.80. The first-order valence-corrected chi connectivity index (χ1v) is 8.54. The number of nitrogens with zero attached hydrogens (tertiary/aromatic N) is 1. The van der Waals surface area contributed by atoms with Crippen LogP contribution in [0.2, 0.25) is 0 Å². The molecule has 0 fully saturated rings. The van der Waals surface area contributed by atoms with Crippen LogP contribution >= 0.6 is 12.2 Å². The summed E-state index contributed by atoms with van der Waals surface area (Å²) < 4.78 is 5.25. The summed E-state index contributed by atoms with van der Waals surface area (Å²) in [6, 6.07) is 17.3. The van der Waals surface area contributed by atoms with Crippen LogP contribution in [0.15, 0.2) is 54.6 Å². The van der Waals surface area contributed by atoms with Crippen molar-refractivity contribution in [1.29, 1.82) is 0 Å². The van der Waals surface area contributed by atoms with Crippen molar-refractivity contribution in [2.75, 3.05) is 25.5 Å². The highest BCUT2D eigenvalue weighted by atomic mass is 32.1. The van der Waals surface area contributed by atoms with Crippen molar-refractivity contribution in [2.45, 2.75) is 13.5 Å². The molecule has 0 aliphatic rings. The number of benzene rings is 2. The second-order valence-electron chi connectivity index (χ2n) is 5.41. The van der Waals surface area contributed by atoms with Crippen molar-refractivity contribution >= 4 is 28.9 Å². The molecule has 2 aromatic rings. The third-order valence-electron chi connectivity index (χ3n) is 3.67. The van der Waals surface area contributed by atoms with Gasteiger partial charge in [0.05, 0.1) is 19.3 Å². The standard InChI is InChI=1S/C19H23N3O2S/c1-3-22(19(25)20-13-15-9-5-4-6-10-15)14-18(23)21-16-11-7-8-12-17(16)24-2/h4-12H,3,13-14H2,1-2H3,(H,20,25)(H,21,23). The molecule has 0 unspecified atom stereocenters. The zero-order chi connectivity index (χ0) is 18.1. The van der Waals surface area contributed by atoms with Gasteiger partial charge >= 0.3 is 0 Å². The van der Waals surface area contributed by atoms with E-state index in [4.69, 9.17) is 17.0 Å². The maximum absolute atomic E-state index is 12.3. The van der Waals surface area contributed by atoms with Gasteiger partial charge in [-0.05, 0) is 36.8 Å². The molecule has 5 nitrogen and oxygen atoms in total. The van der Waals surface area contributed by atoms with Crippen molar-refractivity contribution in [1.82, 2.24) is 10.2 Å². The van der Waals surface area contributed by atoms with Gasteiger partial charge in [0.15, 0.2) is 5.11 Å². The van der Waals surface area contributed by atoms with E-state index in [1.54, 1.807) is 19.2 Å². The molecule has 0 radical (unpaired) electrons. The first-order valence-electron chi connectivity index (χ1n) is 8.13. The molecule has 0 spiro atoms. The zero-order valence-corrected chi connectivity index (χ0v) is 15.3. The fourth-order valence-electron chi connectivity index (χ4n) is 2.32. The van der Waals surface area contributed by atoms with Crippen molar-refractivity contribution in [3.63, 3.8) is 0 Å². The van der Waals surface area contributed by atoms with Crippen LogP contribution in [0.3, 0.4) is 0 Å². The Morgan fingerprint density at radius 2 is 1.80 bits per heavy atom. The summed E-state index contributed by atoms with van der Waals surface area (Å²) in [7, 11) is 1.58. The Labute approximate surface area is 154 Å². The number of rotatable bonds is 7. The Kier molecular flexibility index (Phi) is 7.22. The summed E-state index contributed by atoms with van der Waals surface area (Å²) in [4.78, 5) is 14.2. The number of amides is 1. The van der Waals surface area contributed by atoms with E-state index in [-0.39, 0.29) is 12.5 Å². The first kappa shape index (κ1) is 18.7. The van der Waals surface area contributed by atoms with Crippen molar-refractivity contribution in [3.8, 4) is 5.75 Å². The largest absolute Gasteiger partial charge is 0.495 e. The highest BCUT2D eigenvalue weighted by Crippen LogP contribution is 2.22. The monoisotopic (exact) mass is 357 g/mol. The lowest BCUT2D eigenvalue weighted by molar-refractivity contribution is -0.116. The highest BCUT2D eigenvalue weighted by Gasteiger charge is 2.13. The van der Waals surface area contributed by atoms with Gasteiger partial charge in [-0.3, -0.25) is 4.79 Å². The summed E-state index contributed by atoms with van der Waals surface area (Å²) in [5.74, 6) is 0.485. The van der Waals surface area contributed by atoms with Gasteiger partial charge in [0.2, 0.25) is 5.91 Å². The molecule has 1 amide bonds. The van der Waals surface area contributed by atoms with Gasteiger partial charge < -0.3 is 20.3 Å². The molecule has 6 heteroatoms. The second-order valence-corrected chi connectivity index (χ2v) is 5.79. The number of carbonyl (C=O) groups excluding carboxylic acids is 1. The summed E-state index contributed by atoms with van der Waals surface area (Å²) in [5, 5.41) is 6.61. The van der Waals surface area contributed by atoms with E-state index < -0.39 is 0 Å². The molecule has 2 rings (SSSR count). The molecular formula is C19H23N3O2S. The molecule has 2 aromatic carbocycles. The number of nitrogens with one attached hydrogen (secondary N) is 2. The van der Waals surface area contributed by atoms with Gasteiger partial charge in [-0.25, -0.2) is 0 Å². The Morgan fingerprint density at radius 1 is 1.12 bits per heavy atom. The SMILES string of the molecule is CCN(CC(=O)Nc1ccccc1OC)C(=S)NCc1ccccc1. The van der Waals surface area contributed by atoms with E-state index >= 15 is 0 Å². The van der Waals surface area contributed by atoms with Crippen LogP contribution < -0.4 is 15.4 Å². The van der Waals surface area contributed by atoms with E-state index in [0.717, 1.165) is 5.56 Å². The number of carbonyl (C=O) groups is 1. The molecule has 25 heavy (non-hydrogen) atoms. The Morgan fingerprint density at radius 3 is 2.48 bits per heavy atom. The molecule has 2 N–H and O–H groups in total. The van der Waals surface area contributed by atoms with Gasteiger partial charge in [-0.1, -0.05) is 42.5 Å². The predicted octanol–water partition coefficient (Wildman–Crippen LogP) is 3.03. The minimum absolute atomic E-state index is 0.143. The summed E-state index contributed by atoms with van der Waals surface area (Å²) in [6.45, 7) is 3.41. The summed E-state index contributed by atoms with van der Waals surface area (Å²) in [5.41, 5.74) is 1.79. The smallest absolute Gasteiger partial charge is 0.244 e. The van der Waals surface area contributed by atoms with Gasteiger partial charge in [0.25, 0.3) is 0 Å². The third-order valence-corrected chi connectivity index (χ3v) is 4.07. The van der Waals surface area contributed by atoms with Gasteiger partial charge in [0, 0.05) is 13.1 Å². The molecular weight excluding hydrogens is 334 g/mol. The number of thiocarbonyl (C=S) groups is 1. The number of hydrogen-bond acceptors (Lipinski definition) is 3. The molecule has 0 atom stereocenters. The predicted molar refractivity (Wildman–Crippen MR) is 105 cm³/mol. The second kappa shape index (κ2) is 9.64. The average Bonchev–Trinajstić information content (AvgIpc) is 2.65. The average molecular weight is 357 g/mol. The molecule has 132 valence electrons. The number of anilines is 1. The molecule has 0 heterocycles. The van der Waals surface area contributed by atoms with Crippen molar-refractivity contribution in [3.05, 3.63) is 60.2 Å². The number of methoxy groups -OCH3 is 1. The minimum Gasteiger partial charge on any atom is -0.495 e. The third kappa shape index (κ3) is 5.76. The maximum Gasteiger partial charge on any atom is 0.244 e. The normalized spacial score (nSPS) is 10.0. The lowest BCUT2D eigenvalue weighted by Gasteiger charge is -2.24. The minimum atomic E-state index is -0.143. The van der Waals surface area contributed by atoms with Crippen LogP contribution in [0.5, 0.6) is 5.75 Å². The van der Waals surface area contributed by atoms with Crippen LogP contribution in [0.1, 0.15) is 12.5 Å². The van der Waals surface area contributed by atoms with Crippen molar-refractivity contribution in [2.24, 2.45) is 0 Å². The Hall–Kier alpha value is -2.60. The molecule has 0 saturated carbocycles. The van der Waals surface area contributed by atoms with Gasteiger partial charge in [0.1, 0.15) is 5.75 Å². The van der Waals surface area contributed by atoms with E-state index in [9.17, 15) is 4.79 Å². The lowest BCUT2D eigenvalue weighted by Crippen LogP contribution is -2.43. The number of para-hydroxylation sites is 2. The lowest BCUT2D eigenvalue weighted by atomic mass is 10.2. The van der Waals surface area contributed by atoms with E-state index in [1.807, 2.05) is 54.3 Å². The van der Waals surface area contributed by atoms with Crippen LogP contribution in [0, 0.1) is 0 Å². The molecule has 0 aliphatic heterocycles. The number of ether oxygens (including phenoxy) is 1. The number of likely N-dealkylation sites (N-methyl/N-ethyl adjacent to an activating group) is 1. The molecule has 0 saturated heterocycles. The van der Waals surface area contributed by atoms with Crippen molar-refractivity contribution < 1.29 is 9.53 Å². The summed E-state index contributed by atoms with van der Waals surface area (Å²) >= 11 is 5.42. The van der Waals surface area contributed by atoms with E-state index in [0.29, 0.717) is 29.6 Å². The van der Waals surface area contributed by atoms with Crippen LogP contribution in [0.25, 0.3) is 0 Å². The van der Waals surface area contributed by atoms with Gasteiger partial charge in [-0.15, -0.1) is 0 Å². The maximum atomic E-state index is 12.3. The molecule has 0 bridgehead atoms. The van der Waals surface area contributed by atoms with Crippen LogP contribution in [-0.4, -0.2) is 36.1 Å². The zero-order valence-electron chi connectivity index (χ0n) is 14.5. The van der Waals surface area contributed by atoms with E-state index in [2.05, 4.69) is 10.6 Å². The fraction of sp³-hybridized carbons (Fsp3) is 0.263. The Bertz CT molecular complexity index is 707. The summed E-state index contributed by atoms with van der Waals surface area (Å²) in [6.07, 6.45) is 0. The number of hydrogen-bond donors (Lipinski definition) is 2. The fourth-order valence-corrected chi connectivity index (χ4v) is 2.59. The molecule has 0 aliphatic carbocycles. The molecule has 0 aromatic heterocycles. The van der Waals surface area contributed by atoms with E-state index in [1.165, 1.54) is 0 Å². The van der Waals surface area contributed by atoms with Crippen LogP contribution in [-0.2, 0) is 11.3 Å². The quantitative estimate of drug-likeness (QED) is 0.746. The first-order chi connectivity index (χ1) is 12.1. The van der Waals surface area contributed by atoms with Crippen LogP contribution in [0.4, 0.5) is 5.69 Å². The Balaban J connectivity index is 1.89.